The fourth-order valence-corrected chi connectivity index (χ4v) is 3.48. The summed E-state index contributed by atoms with van der Waals surface area (Å²) in [6, 6.07) is 5.31. The van der Waals surface area contributed by atoms with Gasteiger partial charge in [-0.05, 0) is 43.9 Å². The fraction of sp³-hybridized carbons (Fsp3) is 0.471. The first-order valence-corrected chi connectivity index (χ1v) is 8.07. The first kappa shape index (κ1) is 13.5. The average Bonchev–Trinajstić information content (AvgIpc) is 3.08. The molecule has 0 bridgehead atoms. The highest BCUT2D eigenvalue weighted by Crippen LogP contribution is 2.18. The van der Waals surface area contributed by atoms with Gasteiger partial charge in [-0.25, -0.2) is 4.98 Å². The maximum absolute atomic E-state index is 12.5. The van der Waals surface area contributed by atoms with Gasteiger partial charge in [-0.3, -0.25) is 14.2 Å². The first-order valence-electron chi connectivity index (χ1n) is 8.07. The molecule has 2 aromatic rings. The normalized spacial score (nSPS) is 17.7. The van der Waals surface area contributed by atoms with Crippen LogP contribution in [0.25, 0.3) is 10.9 Å². The van der Waals surface area contributed by atoms with Gasteiger partial charge in [-0.15, -0.1) is 0 Å². The van der Waals surface area contributed by atoms with Gasteiger partial charge in [0.1, 0.15) is 5.82 Å². The molecule has 2 aliphatic heterocycles. The molecule has 5 heteroatoms. The number of carbonyl (C=O) groups excluding carboxylic acids is 1. The second-order valence-electron chi connectivity index (χ2n) is 6.17. The zero-order valence-electron chi connectivity index (χ0n) is 12.5. The van der Waals surface area contributed by atoms with Crippen molar-refractivity contribution >= 4 is 16.8 Å². The largest absolute Gasteiger partial charge is 0.339 e. The van der Waals surface area contributed by atoms with E-state index in [1.807, 2.05) is 4.90 Å². The Labute approximate surface area is 128 Å². The number of aromatic nitrogens is 2. The van der Waals surface area contributed by atoms with Crippen LogP contribution in [0.4, 0.5) is 0 Å². The zero-order chi connectivity index (χ0) is 15.1. The summed E-state index contributed by atoms with van der Waals surface area (Å²) in [5.41, 5.74) is 1.32. The van der Waals surface area contributed by atoms with E-state index in [9.17, 15) is 9.59 Å². The van der Waals surface area contributed by atoms with Crippen LogP contribution in [0.5, 0.6) is 0 Å². The summed E-state index contributed by atoms with van der Waals surface area (Å²) in [4.78, 5) is 31.5. The number of likely N-dealkylation sites (tertiary alicyclic amines) is 1. The number of nitrogens with zero attached hydrogens (tertiary/aromatic N) is 3. The molecule has 1 saturated heterocycles. The minimum absolute atomic E-state index is 0.0277. The summed E-state index contributed by atoms with van der Waals surface area (Å²) in [5, 5.41) is 0.614. The number of hydrogen-bond donors (Lipinski definition) is 0. The van der Waals surface area contributed by atoms with E-state index in [0.717, 1.165) is 57.6 Å². The lowest BCUT2D eigenvalue weighted by Crippen LogP contribution is -2.29. The minimum atomic E-state index is 0.0277. The van der Waals surface area contributed by atoms with E-state index in [-0.39, 0.29) is 11.5 Å². The number of rotatable bonds is 1. The molecule has 1 amide bonds. The molecule has 0 saturated carbocycles. The highest BCUT2D eigenvalue weighted by molar-refractivity contribution is 5.97. The van der Waals surface area contributed by atoms with Crippen molar-refractivity contribution in [3.63, 3.8) is 0 Å². The SMILES string of the molecule is O=C(c1ccc2c(=O)n3c(nc2c1)CCCC3)N1CCCC1. The molecule has 114 valence electrons. The standard InChI is InChI=1S/C17H19N3O2/c21-16(19-8-3-4-9-19)12-6-7-13-14(11-12)18-15-5-1-2-10-20(15)17(13)22/h6-7,11H,1-5,8-10H2. The van der Waals surface area contributed by atoms with Crippen LogP contribution < -0.4 is 5.56 Å². The van der Waals surface area contributed by atoms with Crippen LogP contribution in [-0.2, 0) is 13.0 Å². The molecule has 0 atom stereocenters. The fourth-order valence-electron chi connectivity index (χ4n) is 3.48. The van der Waals surface area contributed by atoms with Crippen LogP contribution >= 0.6 is 0 Å². The van der Waals surface area contributed by atoms with Crippen LogP contribution in [0.15, 0.2) is 23.0 Å². The van der Waals surface area contributed by atoms with Crippen LogP contribution in [-0.4, -0.2) is 33.4 Å². The lowest BCUT2D eigenvalue weighted by molar-refractivity contribution is 0.0793. The monoisotopic (exact) mass is 297 g/mol. The van der Waals surface area contributed by atoms with E-state index < -0.39 is 0 Å². The summed E-state index contributed by atoms with van der Waals surface area (Å²) in [7, 11) is 0. The Morgan fingerprint density at radius 2 is 1.82 bits per heavy atom. The summed E-state index contributed by atoms with van der Waals surface area (Å²) in [5.74, 6) is 0.911. The van der Waals surface area contributed by atoms with E-state index in [4.69, 9.17) is 0 Å². The molecule has 0 unspecified atom stereocenters. The molecule has 1 aromatic carbocycles. The minimum Gasteiger partial charge on any atom is -0.339 e. The van der Waals surface area contributed by atoms with Crippen molar-refractivity contribution in [1.82, 2.24) is 14.5 Å². The molecule has 2 aliphatic rings. The number of aryl methyl sites for hydroxylation is 1. The van der Waals surface area contributed by atoms with Crippen LogP contribution in [0.2, 0.25) is 0 Å². The molecule has 0 radical (unpaired) electrons. The topological polar surface area (TPSA) is 55.2 Å². The van der Waals surface area contributed by atoms with Crippen molar-refractivity contribution < 1.29 is 4.79 Å². The smallest absolute Gasteiger partial charge is 0.261 e. The maximum Gasteiger partial charge on any atom is 0.261 e. The Bertz CT molecular complexity index is 803. The summed E-state index contributed by atoms with van der Waals surface area (Å²) in [6.07, 6.45) is 5.10. The van der Waals surface area contributed by atoms with Gasteiger partial charge in [-0.2, -0.15) is 0 Å². The highest BCUT2D eigenvalue weighted by Gasteiger charge is 2.21. The second-order valence-corrected chi connectivity index (χ2v) is 6.17. The number of carbonyl (C=O) groups is 1. The Hall–Kier alpha value is -2.17. The van der Waals surface area contributed by atoms with Crippen LogP contribution in [0.1, 0.15) is 41.9 Å². The highest BCUT2D eigenvalue weighted by atomic mass is 16.2. The summed E-state index contributed by atoms with van der Waals surface area (Å²) < 4.78 is 1.79. The van der Waals surface area contributed by atoms with Gasteiger partial charge in [-0.1, -0.05) is 0 Å². The average molecular weight is 297 g/mol. The van der Waals surface area contributed by atoms with Gasteiger partial charge >= 0.3 is 0 Å². The third-order valence-electron chi connectivity index (χ3n) is 4.71. The molecule has 0 spiro atoms. The van der Waals surface area contributed by atoms with Gasteiger partial charge in [0.25, 0.3) is 11.5 Å². The predicted octanol–water partition coefficient (Wildman–Crippen LogP) is 1.97. The zero-order valence-corrected chi connectivity index (χ0v) is 12.5. The molecule has 1 fully saturated rings. The number of amides is 1. The summed E-state index contributed by atoms with van der Waals surface area (Å²) >= 11 is 0. The lowest BCUT2D eigenvalue weighted by atomic mass is 10.1. The molecule has 5 nitrogen and oxygen atoms in total. The van der Waals surface area contributed by atoms with Crippen molar-refractivity contribution in [3.8, 4) is 0 Å². The number of hydrogen-bond acceptors (Lipinski definition) is 3. The second kappa shape index (κ2) is 5.23. The number of fused-ring (bicyclic) bond motifs is 2. The van der Waals surface area contributed by atoms with E-state index in [1.165, 1.54) is 0 Å². The Morgan fingerprint density at radius 3 is 2.64 bits per heavy atom. The first-order chi connectivity index (χ1) is 10.7. The van der Waals surface area contributed by atoms with Gasteiger partial charge in [0, 0.05) is 31.6 Å². The lowest BCUT2D eigenvalue weighted by Gasteiger charge is -2.18. The Kier molecular flexibility index (Phi) is 3.21. The Balaban J connectivity index is 1.80. The van der Waals surface area contributed by atoms with E-state index >= 15 is 0 Å². The predicted molar refractivity (Wildman–Crippen MR) is 84.1 cm³/mol. The van der Waals surface area contributed by atoms with Crippen LogP contribution in [0.3, 0.4) is 0 Å². The van der Waals surface area contributed by atoms with Crippen molar-refractivity contribution in [1.29, 1.82) is 0 Å². The maximum atomic E-state index is 12.5. The molecule has 0 aliphatic carbocycles. The van der Waals surface area contributed by atoms with Gasteiger partial charge < -0.3 is 4.90 Å². The molecule has 1 aromatic heterocycles. The third-order valence-corrected chi connectivity index (χ3v) is 4.71. The van der Waals surface area contributed by atoms with Gasteiger partial charge in [0.15, 0.2) is 0 Å². The molecule has 3 heterocycles. The quantitative estimate of drug-likeness (QED) is 0.808. The van der Waals surface area contributed by atoms with Crippen molar-refractivity contribution in [2.45, 2.75) is 38.6 Å². The third kappa shape index (κ3) is 2.12. The van der Waals surface area contributed by atoms with E-state index in [1.54, 1.807) is 22.8 Å². The molecule has 4 rings (SSSR count). The van der Waals surface area contributed by atoms with Gasteiger partial charge in [0.2, 0.25) is 0 Å². The molecule has 22 heavy (non-hydrogen) atoms. The van der Waals surface area contributed by atoms with Crippen molar-refractivity contribution in [3.05, 3.63) is 39.9 Å². The molecule has 0 N–H and O–H groups in total. The molecular weight excluding hydrogens is 278 g/mol. The van der Waals surface area contributed by atoms with Crippen LogP contribution in [0, 0.1) is 0 Å². The number of benzene rings is 1. The van der Waals surface area contributed by atoms with Crippen molar-refractivity contribution in [2.75, 3.05) is 13.1 Å². The van der Waals surface area contributed by atoms with Crippen molar-refractivity contribution in [2.24, 2.45) is 0 Å². The van der Waals surface area contributed by atoms with Gasteiger partial charge in [0.05, 0.1) is 10.9 Å². The van der Waals surface area contributed by atoms with E-state index in [0.29, 0.717) is 16.5 Å². The van der Waals surface area contributed by atoms with E-state index in [2.05, 4.69) is 4.98 Å². The Morgan fingerprint density at radius 1 is 1.05 bits per heavy atom. The molecular formula is C17H19N3O2. The summed E-state index contributed by atoms with van der Waals surface area (Å²) in [6.45, 7) is 2.42.